The number of carbonyl (C=O) groups is 1. The van der Waals surface area contributed by atoms with E-state index in [1.165, 1.54) is 0 Å². The lowest BCUT2D eigenvalue weighted by Crippen LogP contribution is -2.10. The van der Waals surface area contributed by atoms with Crippen LogP contribution in [0.4, 0.5) is 0 Å². The van der Waals surface area contributed by atoms with Crippen LogP contribution in [0, 0.1) is 5.92 Å². The van der Waals surface area contributed by atoms with Crippen molar-refractivity contribution in [3.63, 3.8) is 0 Å². The molecule has 1 unspecified atom stereocenters. The van der Waals surface area contributed by atoms with Crippen molar-refractivity contribution in [1.82, 2.24) is 9.55 Å². The highest BCUT2D eigenvalue weighted by atomic mass is 16.1. The Morgan fingerprint density at radius 2 is 2.42 bits per heavy atom. The molecule has 0 bridgehead atoms. The second-order valence-electron chi connectivity index (χ2n) is 3.10. The maximum Gasteiger partial charge on any atom is 0.185 e. The zero-order chi connectivity index (χ0) is 9.14. The molecule has 0 aromatic carbocycles. The van der Waals surface area contributed by atoms with Gasteiger partial charge in [-0.25, -0.2) is 4.98 Å². The molecule has 0 spiro atoms. The average Bonchev–Trinajstić information content (AvgIpc) is 2.49. The molecule has 0 saturated carbocycles. The molecule has 1 aromatic rings. The molecule has 12 heavy (non-hydrogen) atoms. The number of nitrogens with zero attached hydrogens (tertiary/aromatic N) is 2. The van der Waals surface area contributed by atoms with Crippen molar-refractivity contribution in [3.8, 4) is 0 Å². The summed E-state index contributed by atoms with van der Waals surface area (Å²) in [6, 6.07) is 0. The van der Waals surface area contributed by atoms with Crippen LogP contribution in [0.5, 0.6) is 0 Å². The van der Waals surface area contributed by atoms with Crippen molar-refractivity contribution in [2.45, 2.75) is 20.3 Å². The van der Waals surface area contributed by atoms with Gasteiger partial charge in [-0.3, -0.25) is 4.79 Å². The Morgan fingerprint density at radius 3 is 2.83 bits per heavy atom. The van der Waals surface area contributed by atoms with E-state index in [4.69, 9.17) is 0 Å². The first-order valence-corrected chi connectivity index (χ1v) is 4.17. The standard InChI is InChI=1S/C9H14N2O/c1-4-7(2)9(12)8-5-11(3)6-10-8/h5-7H,4H2,1-3H3. The zero-order valence-electron chi connectivity index (χ0n) is 7.74. The fraction of sp³-hybridized carbons (Fsp3) is 0.556. The number of ketones is 1. The highest BCUT2D eigenvalue weighted by Crippen LogP contribution is 2.08. The Balaban J connectivity index is 2.78. The monoisotopic (exact) mass is 166 g/mol. The van der Waals surface area contributed by atoms with E-state index < -0.39 is 0 Å². The van der Waals surface area contributed by atoms with Gasteiger partial charge in [-0.2, -0.15) is 0 Å². The van der Waals surface area contributed by atoms with E-state index in [0.29, 0.717) is 5.69 Å². The molecule has 1 rings (SSSR count). The minimum absolute atomic E-state index is 0.0832. The van der Waals surface area contributed by atoms with Gasteiger partial charge in [0.25, 0.3) is 0 Å². The summed E-state index contributed by atoms with van der Waals surface area (Å²) in [6.45, 7) is 3.93. The van der Waals surface area contributed by atoms with Gasteiger partial charge in [0.2, 0.25) is 0 Å². The molecule has 66 valence electrons. The van der Waals surface area contributed by atoms with Crippen LogP contribution in [0.2, 0.25) is 0 Å². The zero-order valence-corrected chi connectivity index (χ0v) is 7.74. The van der Waals surface area contributed by atoms with Crippen LogP contribution >= 0.6 is 0 Å². The Bertz CT molecular complexity index is 278. The Labute approximate surface area is 72.4 Å². The molecule has 0 saturated heterocycles. The van der Waals surface area contributed by atoms with Crippen LogP contribution < -0.4 is 0 Å². The molecule has 0 aliphatic heterocycles. The van der Waals surface area contributed by atoms with Crippen LogP contribution in [0.1, 0.15) is 30.8 Å². The van der Waals surface area contributed by atoms with Gasteiger partial charge in [-0.1, -0.05) is 13.8 Å². The van der Waals surface area contributed by atoms with Crippen LogP contribution in [-0.4, -0.2) is 15.3 Å². The molecule has 1 heterocycles. The molecule has 0 fully saturated rings. The Hall–Kier alpha value is -1.12. The van der Waals surface area contributed by atoms with Gasteiger partial charge in [-0.15, -0.1) is 0 Å². The fourth-order valence-electron chi connectivity index (χ4n) is 0.978. The maximum absolute atomic E-state index is 11.5. The van der Waals surface area contributed by atoms with Crippen LogP contribution in [-0.2, 0) is 7.05 Å². The summed E-state index contributed by atoms with van der Waals surface area (Å²) in [5.41, 5.74) is 0.576. The number of hydrogen-bond acceptors (Lipinski definition) is 2. The molecular formula is C9H14N2O. The third-order valence-electron chi connectivity index (χ3n) is 2.02. The molecule has 3 heteroatoms. The van der Waals surface area contributed by atoms with Gasteiger partial charge in [-0.05, 0) is 6.42 Å². The SMILES string of the molecule is CCC(C)C(=O)c1cn(C)cn1. The van der Waals surface area contributed by atoms with E-state index in [-0.39, 0.29) is 11.7 Å². The summed E-state index contributed by atoms with van der Waals surface area (Å²) in [7, 11) is 1.86. The van der Waals surface area contributed by atoms with Crippen molar-refractivity contribution in [1.29, 1.82) is 0 Å². The molecule has 0 aliphatic carbocycles. The van der Waals surface area contributed by atoms with Crippen molar-refractivity contribution in [3.05, 3.63) is 18.2 Å². The number of hydrogen-bond donors (Lipinski definition) is 0. The number of Topliss-reactive ketones (excluding diaryl/α,β-unsaturated/α-hetero) is 1. The van der Waals surface area contributed by atoms with E-state index in [0.717, 1.165) is 6.42 Å². The molecule has 1 aromatic heterocycles. The molecule has 0 amide bonds. The Morgan fingerprint density at radius 1 is 1.75 bits per heavy atom. The predicted octanol–water partition coefficient (Wildman–Crippen LogP) is 1.65. The van der Waals surface area contributed by atoms with Crippen LogP contribution in [0.15, 0.2) is 12.5 Å². The second kappa shape index (κ2) is 3.52. The Kier molecular flexibility index (Phi) is 2.63. The molecular weight excluding hydrogens is 152 g/mol. The summed E-state index contributed by atoms with van der Waals surface area (Å²) >= 11 is 0. The first kappa shape index (κ1) is 8.97. The lowest BCUT2D eigenvalue weighted by Gasteiger charge is -2.02. The number of imidazole rings is 1. The van der Waals surface area contributed by atoms with Gasteiger partial charge in [0.15, 0.2) is 5.78 Å². The van der Waals surface area contributed by atoms with Crippen molar-refractivity contribution in [2.24, 2.45) is 13.0 Å². The van der Waals surface area contributed by atoms with Crippen molar-refractivity contribution in [2.75, 3.05) is 0 Å². The van der Waals surface area contributed by atoms with Gasteiger partial charge in [0.1, 0.15) is 5.69 Å². The maximum atomic E-state index is 11.5. The van der Waals surface area contributed by atoms with Gasteiger partial charge >= 0.3 is 0 Å². The smallest absolute Gasteiger partial charge is 0.185 e. The van der Waals surface area contributed by atoms with E-state index in [1.54, 1.807) is 17.1 Å². The van der Waals surface area contributed by atoms with Crippen LogP contribution in [0.25, 0.3) is 0 Å². The normalized spacial score (nSPS) is 12.9. The molecule has 0 radical (unpaired) electrons. The summed E-state index contributed by atoms with van der Waals surface area (Å²) in [4.78, 5) is 15.5. The predicted molar refractivity (Wildman–Crippen MR) is 47.0 cm³/mol. The first-order valence-electron chi connectivity index (χ1n) is 4.17. The largest absolute Gasteiger partial charge is 0.340 e. The number of rotatable bonds is 3. The van der Waals surface area contributed by atoms with Crippen molar-refractivity contribution >= 4 is 5.78 Å². The summed E-state index contributed by atoms with van der Waals surface area (Å²) in [5.74, 6) is 0.220. The highest BCUT2D eigenvalue weighted by Gasteiger charge is 2.14. The highest BCUT2D eigenvalue weighted by molar-refractivity contribution is 5.95. The minimum atomic E-state index is 0.0832. The minimum Gasteiger partial charge on any atom is -0.340 e. The first-order chi connectivity index (χ1) is 5.65. The molecule has 3 nitrogen and oxygen atoms in total. The molecule has 1 atom stereocenters. The van der Waals surface area contributed by atoms with Crippen molar-refractivity contribution < 1.29 is 4.79 Å². The summed E-state index contributed by atoms with van der Waals surface area (Å²) in [5, 5.41) is 0. The van der Waals surface area contributed by atoms with E-state index in [9.17, 15) is 4.79 Å². The van der Waals surface area contributed by atoms with E-state index >= 15 is 0 Å². The van der Waals surface area contributed by atoms with Crippen LogP contribution in [0.3, 0.4) is 0 Å². The average molecular weight is 166 g/mol. The third kappa shape index (κ3) is 1.72. The summed E-state index contributed by atoms with van der Waals surface area (Å²) < 4.78 is 1.79. The van der Waals surface area contributed by atoms with E-state index in [1.807, 2.05) is 20.9 Å². The lowest BCUT2D eigenvalue weighted by molar-refractivity contribution is 0.0922. The number of carbonyl (C=O) groups excluding carboxylic acids is 1. The third-order valence-corrected chi connectivity index (χ3v) is 2.02. The number of aromatic nitrogens is 2. The van der Waals surface area contributed by atoms with Gasteiger partial charge in [0.05, 0.1) is 6.33 Å². The van der Waals surface area contributed by atoms with E-state index in [2.05, 4.69) is 4.98 Å². The van der Waals surface area contributed by atoms with Gasteiger partial charge < -0.3 is 4.57 Å². The lowest BCUT2D eigenvalue weighted by atomic mass is 10.0. The topological polar surface area (TPSA) is 34.9 Å². The fourth-order valence-corrected chi connectivity index (χ4v) is 0.978. The molecule has 0 aliphatic rings. The molecule has 0 N–H and O–H groups in total. The second-order valence-corrected chi connectivity index (χ2v) is 3.10. The van der Waals surface area contributed by atoms with Gasteiger partial charge in [0, 0.05) is 19.2 Å². The quantitative estimate of drug-likeness (QED) is 0.640. The summed E-state index contributed by atoms with van der Waals surface area (Å²) in [6.07, 6.45) is 4.28. The number of aryl methyl sites for hydroxylation is 1.